The molecule has 12 heteroatoms. The van der Waals surface area contributed by atoms with E-state index >= 15 is 0 Å². The molecule has 2 aromatic rings. The van der Waals surface area contributed by atoms with E-state index in [1.54, 1.807) is 12.1 Å². The number of hydrogen-bond donors (Lipinski definition) is 2. The van der Waals surface area contributed by atoms with Crippen LogP contribution >= 0.6 is 0 Å². The summed E-state index contributed by atoms with van der Waals surface area (Å²) in [6, 6.07) is 4.67. The topological polar surface area (TPSA) is 92.3 Å². The SMILES string of the molecule is C=C1CC(F)(F)C(O)C/C(S(=O)(=O)C(F)(F)F)=C\C=C1Oc1cccc2[nH]ncc12. The smallest absolute Gasteiger partial charge is 0.456 e. The van der Waals surface area contributed by atoms with Gasteiger partial charge in [0.2, 0.25) is 0 Å². The van der Waals surface area contributed by atoms with E-state index in [-0.39, 0.29) is 17.1 Å². The van der Waals surface area contributed by atoms with E-state index in [0.717, 1.165) is 6.08 Å². The van der Waals surface area contributed by atoms with Crippen LogP contribution in [-0.2, 0) is 9.84 Å². The molecule has 0 radical (unpaired) electrons. The first-order valence-electron chi connectivity index (χ1n) is 8.39. The van der Waals surface area contributed by atoms with Crippen molar-refractivity contribution in [1.82, 2.24) is 10.2 Å². The molecule has 0 spiro atoms. The molecule has 1 aliphatic rings. The van der Waals surface area contributed by atoms with Crippen LogP contribution in [-0.4, -0.2) is 41.3 Å². The maximum Gasteiger partial charge on any atom is 0.501 e. The van der Waals surface area contributed by atoms with Gasteiger partial charge in [-0.05, 0) is 29.9 Å². The van der Waals surface area contributed by atoms with E-state index in [0.29, 0.717) is 17.0 Å². The zero-order valence-electron chi connectivity index (χ0n) is 15.1. The van der Waals surface area contributed by atoms with Gasteiger partial charge in [-0.15, -0.1) is 0 Å². The van der Waals surface area contributed by atoms with Crippen molar-refractivity contribution < 1.29 is 40.2 Å². The molecule has 0 fully saturated rings. The fourth-order valence-corrected chi connectivity index (χ4v) is 3.71. The third-order valence-electron chi connectivity index (χ3n) is 4.41. The average molecular weight is 450 g/mol. The molecule has 162 valence electrons. The molecule has 1 unspecified atom stereocenters. The summed E-state index contributed by atoms with van der Waals surface area (Å²) in [6.07, 6.45) is -2.57. The standard InChI is InChI=1S/C18H15F5N2O4S/c1-10-8-17(19,20)16(26)7-11(30(27,28)18(21,22)23)5-6-14(10)29-15-4-2-3-13-12(15)9-24-25-13/h2-6,9,16,26H,1,7-8H2,(H,24,25)/b11-5+,14-6?. The number of fused-ring (bicyclic) bond motifs is 1. The fourth-order valence-electron chi connectivity index (χ4n) is 2.79. The summed E-state index contributed by atoms with van der Waals surface area (Å²) in [7, 11) is -5.95. The first-order valence-corrected chi connectivity index (χ1v) is 9.87. The molecule has 1 heterocycles. The van der Waals surface area contributed by atoms with Gasteiger partial charge in [0.15, 0.2) is 0 Å². The minimum absolute atomic E-state index is 0.130. The zero-order chi connectivity index (χ0) is 22.3. The third-order valence-corrected chi connectivity index (χ3v) is 6.02. The number of sulfone groups is 1. The third kappa shape index (κ3) is 4.10. The number of alkyl halides is 5. The predicted octanol–water partition coefficient (Wildman–Crippen LogP) is 3.99. The molecule has 0 saturated carbocycles. The summed E-state index contributed by atoms with van der Waals surface area (Å²) < 4.78 is 96.6. The Hall–Kier alpha value is -2.73. The van der Waals surface area contributed by atoms with Crippen LogP contribution in [0.25, 0.3) is 10.9 Å². The van der Waals surface area contributed by atoms with Gasteiger partial charge in [-0.1, -0.05) is 12.6 Å². The lowest BCUT2D eigenvalue weighted by Gasteiger charge is -2.24. The van der Waals surface area contributed by atoms with E-state index in [1.807, 2.05) is 0 Å². The molecular weight excluding hydrogens is 435 g/mol. The van der Waals surface area contributed by atoms with Crippen molar-refractivity contribution in [3.8, 4) is 5.75 Å². The highest BCUT2D eigenvalue weighted by Gasteiger charge is 2.50. The van der Waals surface area contributed by atoms with Gasteiger partial charge in [0.1, 0.15) is 17.6 Å². The number of ether oxygens (including phenoxy) is 1. The number of halogens is 5. The Labute approximate surface area is 167 Å². The van der Waals surface area contributed by atoms with Crippen molar-refractivity contribution in [3.63, 3.8) is 0 Å². The van der Waals surface area contributed by atoms with Crippen molar-refractivity contribution in [1.29, 1.82) is 0 Å². The first-order chi connectivity index (χ1) is 13.8. The van der Waals surface area contributed by atoms with E-state index in [4.69, 9.17) is 4.74 Å². The van der Waals surface area contributed by atoms with Crippen LogP contribution in [0.5, 0.6) is 5.75 Å². The van der Waals surface area contributed by atoms with E-state index in [1.165, 1.54) is 12.3 Å². The fraction of sp³-hybridized carbons (Fsp3) is 0.278. The van der Waals surface area contributed by atoms with Crippen molar-refractivity contribution in [3.05, 3.63) is 59.4 Å². The van der Waals surface area contributed by atoms with Gasteiger partial charge >= 0.3 is 5.51 Å². The van der Waals surface area contributed by atoms with Crippen molar-refractivity contribution >= 4 is 20.7 Å². The monoisotopic (exact) mass is 450 g/mol. The van der Waals surface area contributed by atoms with Gasteiger partial charge < -0.3 is 9.84 Å². The molecule has 1 atom stereocenters. The van der Waals surface area contributed by atoms with Crippen molar-refractivity contribution in [2.45, 2.75) is 30.4 Å². The zero-order valence-corrected chi connectivity index (χ0v) is 15.9. The number of nitrogens with zero attached hydrogens (tertiary/aromatic N) is 1. The highest BCUT2D eigenvalue weighted by molar-refractivity contribution is 7.96. The number of benzene rings is 1. The maximum atomic E-state index is 14.3. The number of rotatable bonds is 3. The Balaban J connectivity index is 2.11. The van der Waals surface area contributed by atoms with Crippen LogP contribution in [0, 0.1) is 0 Å². The number of allylic oxidation sites excluding steroid dienone is 3. The second kappa shape index (κ2) is 7.51. The molecule has 0 aliphatic heterocycles. The number of aromatic amines is 1. The van der Waals surface area contributed by atoms with E-state index in [9.17, 15) is 35.5 Å². The van der Waals surface area contributed by atoms with Gasteiger partial charge in [-0.3, -0.25) is 5.10 Å². The van der Waals surface area contributed by atoms with Crippen LogP contribution < -0.4 is 4.74 Å². The van der Waals surface area contributed by atoms with Gasteiger partial charge in [-0.2, -0.15) is 18.3 Å². The van der Waals surface area contributed by atoms with Crippen molar-refractivity contribution in [2.75, 3.05) is 0 Å². The molecule has 0 saturated heterocycles. The largest absolute Gasteiger partial charge is 0.501 e. The number of nitrogens with one attached hydrogen (secondary N) is 1. The number of hydrogen-bond acceptors (Lipinski definition) is 5. The first kappa shape index (κ1) is 22.0. The van der Waals surface area contributed by atoms with Crippen LogP contribution in [0.4, 0.5) is 22.0 Å². The highest BCUT2D eigenvalue weighted by Crippen LogP contribution is 2.39. The van der Waals surface area contributed by atoms with Gasteiger partial charge in [0.25, 0.3) is 15.8 Å². The van der Waals surface area contributed by atoms with E-state index < -0.39 is 45.1 Å². The normalized spacial score (nSPS) is 22.5. The molecule has 1 aliphatic carbocycles. The van der Waals surface area contributed by atoms with Gasteiger partial charge in [-0.25, -0.2) is 17.2 Å². The summed E-state index contributed by atoms with van der Waals surface area (Å²) in [4.78, 5) is -1.42. The molecule has 0 bridgehead atoms. The Morgan fingerprint density at radius 1 is 1.27 bits per heavy atom. The summed E-state index contributed by atoms with van der Waals surface area (Å²) in [5.74, 6) is -4.20. The number of aliphatic hydroxyl groups excluding tert-OH is 1. The van der Waals surface area contributed by atoms with Gasteiger partial charge in [0, 0.05) is 12.8 Å². The minimum Gasteiger partial charge on any atom is -0.456 e. The number of aromatic nitrogens is 2. The summed E-state index contributed by atoms with van der Waals surface area (Å²) in [6.45, 7) is 3.46. The van der Waals surface area contributed by atoms with Crippen LogP contribution in [0.15, 0.2) is 59.4 Å². The molecule has 2 N–H and O–H groups in total. The second-order valence-corrected chi connectivity index (χ2v) is 8.56. The molecule has 3 rings (SSSR count). The molecular formula is C18H15F5N2O4S. The molecule has 0 amide bonds. The Morgan fingerprint density at radius 3 is 2.63 bits per heavy atom. The summed E-state index contributed by atoms with van der Waals surface area (Å²) in [5, 5.41) is 16.7. The maximum absolute atomic E-state index is 14.3. The Morgan fingerprint density at radius 2 is 1.97 bits per heavy atom. The number of H-pyrrole nitrogens is 1. The highest BCUT2D eigenvalue weighted by atomic mass is 32.2. The Kier molecular flexibility index (Phi) is 5.50. The summed E-state index contributed by atoms with van der Waals surface area (Å²) >= 11 is 0. The minimum atomic E-state index is -5.95. The lowest BCUT2D eigenvalue weighted by molar-refractivity contribution is -0.105. The average Bonchev–Trinajstić information content (AvgIpc) is 3.11. The van der Waals surface area contributed by atoms with Crippen LogP contribution in [0.1, 0.15) is 12.8 Å². The van der Waals surface area contributed by atoms with Gasteiger partial charge in [0.05, 0.1) is 22.0 Å². The summed E-state index contributed by atoms with van der Waals surface area (Å²) in [5.41, 5.74) is -5.53. The quantitative estimate of drug-likeness (QED) is 0.690. The lowest BCUT2D eigenvalue weighted by atomic mass is 10.0. The van der Waals surface area contributed by atoms with E-state index in [2.05, 4.69) is 16.8 Å². The van der Waals surface area contributed by atoms with Crippen molar-refractivity contribution in [2.24, 2.45) is 0 Å². The molecule has 30 heavy (non-hydrogen) atoms. The van der Waals surface area contributed by atoms with Crippen LogP contribution in [0.3, 0.4) is 0 Å². The molecule has 1 aromatic carbocycles. The number of aliphatic hydroxyl groups is 1. The van der Waals surface area contributed by atoms with Crippen LogP contribution in [0.2, 0.25) is 0 Å². The predicted molar refractivity (Wildman–Crippen MR) is 97.2 cm³/mol. The Bertz CT molecular complexity index is 1150. The second-order valence-electron chi connectivity index (χ2n) is 6.56. The molecule has 6 nitrogen and oxygen atoms in total. The lowest BCUT2D eigenvalue weighted by Crippen LogP contribution is -2.36. The molecule has 1 aromatic heterocycles.